The van der Waals surface area contributed by atoms with Crippen LogP contribution in [0.25, 0.3) is 5.57 Å². The molecule has 0 aromatic carbocycles. The first kappa shape index (κ1) is 16.0. The Kier molecular flexibility index (Phi) is 4.82. The van der Waals surface area contributed by atoms with Crippen molar-refractivity contribution in [1.29, 1.82) is 0 Å². The maximum Gasteiger partial charge on any atom is 0.125 e. The number of nitrogens with zero attached hydrogens (tertiary/aromatic N) is 5. The summed E-state index contributed by atoms with van der Waals surface area (Å²) in [4.78, 5) is 16.9. The van der Waals surface area contributed by atoms with Crippen LogP contribution in [0.2, 0.25) is 0 Å². The van der Waals surface area contributed by atoms with Crippen molar-refractivity contribution in [2.75, 3.05) is 5.01 Å². The van der Waals surface area contributed by atoms with Crippen LogP contribution in [0.4, 0.5) is 5.69 Å². The third-order valence-corrected chi connectivity index (χ3v) is 3.47. The maximum atomic E-state index is 6.19. The Labute approximate surface area is 131 Å². The molecule has 0 fully saturated rings. The van der Waals surface area contributed by atoms with E-state index in [0.717, 1.165) is 34.0 Å². The fraction of sp³-hybridized carbons (Fsp3) is 0.375. The van der Waals surface area contributed by atoms with Gasteiger partial charge < -0.3 is 0 Å². The summed E-state index contributed by atoms with van der Waals surface area (Å²) in [5.41, 5.74) is 4.62. The molecule has 2 aromatic rings. The number of anilines is 1. The minimum atomic E-state index is 0.279. The molecule has 6 nitrogen and oxygen atoms in total. The lowest BCUT2D eigenvalue weighted by atomic mass is 9.96. The van der Waals surface area contributed by atoms with Gasteiger partial charge in [-0.05, 0) is 32.3 Å². The van der Waals surface area contributed by atoms with E-state index in [1.807, 2.05) is 33.2 Å². The Morgan fingerprint density at radius 1 is 1.14 bits per heavy atom. The highest BCUT2D eigenvalue weighted by Crippen LogP contribution is 2.26. The topological polar surface area (TPSA) is 80.8 Å². The Bertz CT molecular complexity index is 693. The summed E-state index contributed by atoms with van der Waals surface area (Å²) in [6, 6.07) is 0. The number of hydrogen-bond donors (Lipinski definition) is 1. The van der Waals surface area contributed by atoms with E-state index in [4.69, 9.17) is 5.84 Å². The zero-order valence-electron chi connectivity index (χ0n) is 13.7. The molecule has 0 unspecified atom stereocenters. The third kappa shape index (κ3) is 3.46. The summed E-state index contributed by atoms with van der Waals surface area (Å²) in [7, 11) is 0. The zero-order valence-corrected chi connectivity index (χ0v) is 13.7. The van der Waals surface area contributed by atoms with Gasteiger partial charge in [-0.3, -0.25) is 5.01 Å². The molecule has 2 aromatic heterocycles. The maximum absolute atomic E-state index is 6.19. The average Bonchev–Trinajstić information content (AvgIpc) is 2.45. The molecule has 0 amide bonds. The fourth-order valence-corrected chi connectivity index (χ4v) is 2.25. The molecule has 2 heterocycles. The van der Waals surface area contributed by atoms with Crippen LogP contribution in [-0.4, -0.2) is 19.9 Å². The molecule has 116 valence electrons. The van der Waals surface area contributed by atoms with Gasteiger partial charge in [0, 0.05) is 23.7 Å². The minimum Gasteiger partial charge on any atom is -0.283 e. The highest BCUT2D eigenvalue weighted by Gasteiger charge is 2.14. The Hall–Kier alpha value is -2.34. The minimum absolute atomic E-state index is 0.279. The molecule has 0 spiro atoms. The third-order valence-electron chi connectivity index (χ3n) is 3.47. The second-order valence-corrected chi connectivity index (χ2v) is 5.56. The Morgan fingerprint density at radius 2 is 1.86 bits per heavy atom. The normalized spacial score (nSPS) is 11.9. The molecule has 2 rings (SSSR count). The second kappa shape index (κ2) is 6.62. The van der Waals surface area contributed by atoms with Crippen LogP contribution in [0.5, 0.6) is 0 Å². The van der Waals surface area contributed by atoms with Crippen molar-refractivity contribution in [2.24, 2.45) is 11.8 Å². The number of aromatic nitrogens is 4. The molecule has 6 heteroatoms. The van der Waals surface area contributed by atoms with Gasteiger partial charge in [0.2, 0.25) is 0 Å². The van der Waals surface area contributed by atoms with Crippen molar-refractivity contribution in [3.8, 4) is 0 Å². The first-order valence-corrected chi connectivity index (χ1v) is 7.23. The highest BCUT2D eigenvalue weighted by molar-refractivity contribution is 5.70. The van der Waals surface area contributed by atoms with Crippen molar-refractivity contribution in [1.82, 2.24) is 19.9 Å². The first-order chi connectivity index (χ1) is 10.4. The predicted octanol–water partition coefficient (Wildman–Crippen LogP) is 2.57. The van der Waals surface area contributed by atoms with Gasteiger partial charge in [0.05, 0.1) is 17.6 Å². The molecular formula is C16H22N6. The molecule has 0 bridgehead atoms. The Balaban J connectivity index is 2.45. The molecule has 22 heavy (non-hydrogen) atoms. The van der Waals surface area contributed by atoms with Crippen LogP contribution >= 0.6 is 0 Å². The van der Waals surface area contributed by atoms with Crippen LogP contribution in [0.3, 0.4) is 0 Å². The van der Waals surface area contributed by atoms with Crippen molar-refractivity contribution in [2.45, 2.75) is 34.6 Å². The average molecular weight is 298 g/mol. The van der Waals surface area contributed by atoms with Crippen molar-refractivity contribution < 1.29 is 0 Å². The summed E-state index contributed by atoms with van der Waals surface area (Å²) in [5, 5.41) is 1.56. The van der Waals surface area contributed by atoms with Crippen LogP contribution in [0.1, 0.15) is 36.6 Å². The van der Waals surface area contributed by atoms with Crippen molar-refractivity contribution >= 4 is 11.3 Å². The fourth-order valence-electron chi connectivity index (χ4n) is 2.25. The molecule has 2 N–H and O–H groups in total. The lowest BCUT2D eigenvalue weighted by Gasteiger charge is -2.20. The SMILES string of the molecule is Cc1ncc(/C(=C/N(N)c2cncnc2C)C(C)C)c(C)n1. The van der Waals surface area contributed by atoms with E-state index in [9.17, 15) is 0 Å². The summed E-state index contributed by atoms with van der Waals surface area (Å²) in [6.45, 7) is 10.0. The van der Waals surface area contributed by atoms with Crippen molar-refractivity contribution in [3.63, 3.8) is 0 Å². The van der Waals surface area contributed by atoms with Crippen LogP contribution in [0, 0.1) is 26.7 Å². The van der Waals surface area contributed by atoms with Crippen LogP contribution in [0.15, 0.2) is 24.9 Å². The van der Waals surface area contributed by atoms with E-state index in [-0.39, 0.29) is 5.92 Å². The van der Waals surface area contributed by atoms with Crippen LogP contribution < -0.4 is 10.9 Å². The number of aryl methyl sites for hydroxylation is 3. The lowest BCUT2D eigenvalue weighted by molar-refractivity contribution is 0.838. The van der Waals surface area contributed by atoms with Gasteiger partial charge in [0.25, 0.3) is 0 Å². The molecular weight excluding hydrogens is 276 g/mol. The van der Waals surface area contributed by atoms with E-state index in [2.05, 4.69) is 33.8 Å². The molecule has 0 aliphatic carbocycles. The van der Waals surface area contributed by atoms with E-state index in [1.54, 1.807) is 11.2 Å². The number of allylic oxidation sites excluding steroid dienone is 1. The van der Waals surface area contributed by atoms with Gasteiger partial charge in [0.15, 0.2) is 0 Å². The van der Waals surface area contributed by atoms with Gasteiger partial charge in [-0.25, -0.2) is 25.8 Å². The van der Waals surface area contributed by atoms with Gasteiger partial charge in [-0.15, -0.1) is 0 Å². The second-order valence-electron chi connectivity index (χ2n) is 5.56. The number of rotatable bonds is 4. The largest absolute Gasteiger partial charge is 0.283 e. The summed E-state index contributed by atoms with van der Waals surface area (Å²) in [5.74, 6) is 7.23. The van der Waals surface area contributed by atoms with Gasteiger partial charge in [-0.1, -0.05) is 13.8 Å². The molecule has 0 aliphatic rings. The molecule has 0 radical (unpaired) electrons. The summed E-state index contributed by atoms with van der Waals surface area (Å²) >= 11 is 0. The van der Waals surface area contributed by atoms with E-state index in [0.29, 0.717) is 0 Å². The zero-order chi connectivity index (χ0) is 16.3. The number of hydrogen-bond acceptors (Lipinski definition) is 6. The smallest absolute Gasteiger partial charge is 0.125 e. The van der Waals surface area contributed by atoms with Crippen LogP contribution in [-0.2, 0) is 0 Å². The van der Waals surface area contributed by atoms with E-state index in [1.165, 1.54) is 6.33 Å². The first-order valence-electron chi connectivity index (χ1n) is 7.23. The Morgan fingerprint density at radius 3 is 2.45 bits per heavy atom. The quantitative estimate of drug-likeness (QED) is 0.690. The molecule has 0 atom stereocenters. The molecule has 0 aliphatic heterocycles. The summed E-state index contributed by atoms with van der Waals surface area (Å²) in [6.07, 6.45) is 6.97. The van der Waals surface area contributed by atoms with Gasteiger partial charge in [0.1, 0.15) is 12.2 Å². The molecule has 0 saturated carbocycles. The standard InChI is InChI=1S/C16H22N6/c1-10(2)15(14-6-19-13(5)21-11(14)3)8-22(17)16-7-18-9-20-12(16)4/h6-10H,17H2,1-5H3/b15-8+. The van der Waals surface area contributed by atoms with E-state index >= 15 is 0 Å². The highest BCUT2D eigenvalue weighted by atomic mass is 15.4. The molecule has 0 saturated heterocycles. The monoisotopic (exact) mass is 298 g/mol. The van der Waals surface area contributed by atoms with E-state index < -0.39 is 0 Å². The summed E-state index contributed by atoms with van der Waals surface area (Å²) < 4.78 is 0. The predicted molar refractivity (Wildman–Crippen MR) is 87.8 cm³/mol. The van der Waals surface area contributed by atoms with Crippen molar-refractivity contribution in [3.05, 3.63) is 47.7 Å². The van der Waals surface area contributed by atoms with Gasteiger partial charge in [-0.2, -0.15) is 0 Å². The van der Waals surface area contributed by atoms with Gasteiger partial charge >= 0.3 is 0 Å². The lowest BCUT2D eigenvalue weighted by Crippen LogP contribution is -2.26. The number of nitrogens with two attached hydrogens (primary N) is 1. The number of hydrazine groups is 1.